The van der Waals surface area contributed by atoms with Crippen LogP contribution in [0.4, 0.5) is 0 Å². The number of aryl methyl sites for hydroxylation is 1. The Hall–Kier alpha value is -4.37. The maximum atomic E-state index is 13.4. The van der Waals surface area contributed by atoms with E-state index in [4.69, 9.17) is 15.2 Å². The third-order valence-corrected chi connectivity index (χ3v) is 6.58. The van der Waals surface area contributed by atoms with E-state index in [0.717, 1.165) is 36.3 Å². The van der Waals surface area contributed by atoms with E-state index < -0.39 is 5.91 Å². The van der Waals surface area contributed by atoms with Gasteiger partial charge < -0.3 is 24.7 Å². The standard InChI is InChI=1S/C28H28N5O4/c1-31-24-11-10-22(37-26-5-3-4-23(30-26)27(29)34)16-20(24)17-25(31)28(35)33-14-12-32(13-15-33)18-19-6-8-21(36-2)9-7-19/h3,5-11,16-17H,12-15,18H2,1-2H3,(H2,29,34). The second-order valence-electron chi connectivity index (χ2n) is 8.97. The predicted molar refractivity (Wildman–Crippen MR) is 139 cm³/mol. The van der Waals surface area contributed by atoms with E-state index in [1.165, 1.54) is 11.6 Å². The number of nitrogens with two attached hydrogens (primary N) is 1. The van der Waals surface area contributed by atoms with Gasteiger partial charge in [0.1, 0.15) is 22.9 Å². The van der Waals surface area contributed by atoms with Gasteiger partial charge in [0.05, 0.1) is 7.11 Å². The molecule has 2 aromatic carbocycles. The molecule has 0 spiro atoms. The minimum absolute atomic E-state index is 0.00951. The first-order chi connectivity index (χ1) is 17.9. The summed E-state index contributed by atoms with van der Waals surface area (Å²) in [5, 5.41) is 0.874. The van der Waals surface area contributed by atoms with Crippen LogP contribution in [0.1, 0.15) is 26.5 Å². The third-order valence-electron chi connectivity index (χ3n) is 6.58. The van der Waals surface area contributed by atoms with E-state index in [2.05, 4.69) is 28.1 Å². The molecule has 0 atom stereocenters. The molecule has 1 aliphatic heterocycles. The number of primary amides is 1. The second-order valence-corrected chi connectivity index (χ2v) is 8.97. The first-order valence-electron chi connectivity index (χ1n) is 12.0. The number of fused-ring (bicyclic) bond motifs is 1. The number of hydrogen-bond donors (Lipinski definition) is 1. The summed E-state index contributed by atoms with van der Waals surface area (Å²) < 4.78 is 13.0. The van der Waals surface area contributed by atoms with Gasteiger partial charge >= 0.3 is 0 Å². The highest BCUT2D eigenvalue weighted by atomic mass is 16.5. The fourth-order valence-electron chi connectivity index (χ4n) is 4.53. The molecule has 0 bridgehead atoms. The summed E-state index contributed by atoms with van der Waals surface area (Å²) in [6.07, 6.45) is 0. The molecule has 0 unspecified atom stereocenters. The van der Waals surface area contributed by atoms with Crippen LogP contribution in [-0.2, 0) is 13.6 Å². The zero-order valence-corrected chi connectivity index (χ0v) is 20.8. The van der Waals surface area contributed by atoms with Crippen molar-refractivity contribution in [2.45, 2.75) is 6.54 Å². The van der Waals surface area contributed by atoms with Gasteiger partial charge in [-0.25, -0.2) is 4.98 Å². The molecule has 189 valence electrons. The van der Waals surface area contributed by atoms with E-state index >= 15 is 0 Å². The molecule has 2 aromatic heterocycles. The van der Waals surface area contributed by atoms with Crippen molar-refractivity contribution in [2.24, 2.45) is 12.8 Å². The van der Waals surface area contributed by atoms with Gasteiger partial charge in [-0.15, -0.1) is 0 Å². The number of hydrogen-bond acceptors (Lipinski definition) is 6. The molecule has 9 nitrogen and oxygen atoms in total. The summed E-state index contributed by atoms with van der Waals surface area (Å²) >= 11 is 0. The average molecular weight is 499 g/mol. The van der Waals surface area contributed by atoms with Crippen LogP contribution in [0.5, 0.6) is 17.4 Å². The highest BCUT2D eigenvalue weighted by molar-refractivity contribution is 5.99. The minimum Gasteiger partial charge on any atom is -0.497 e. The van der Waals surface area contributed by atoms with Gasteiger partial charge in [0.25, 0.3) is 11.8 Å². The molecule has 0 aliphatic carbocycles. The summed E-state index contributed by atoms with van der Waals surface area (Å²) in [5.41, 5.74) is 8.05. The lowest BCUT2D eigenvalue weighted by Gasteiger charge is -2.34. The Bertz CT molecular complexity index is 1440. The molecule has 2 N–H and O–H groups in total. The van der Waals surface area contributed by atoms with Crippen LogP contribution in [-0.4, -0.2) is 64.5 Å². The van der Waals surface area contributed by atoms with Crippen molar-refractivity contribution in [3.8, 4) is 17.4 Å². The fourth-order valence-corrected chi connectivity index (χ4v) is 4.53. The minimum atomic E-state index is -0.673. The van der Waals surface area contributed by atoms with Crippen LogP contribution in [0.25, 0.3) is 10.9 Å². The van der Waals surface area contributed by atoms with Crippen LogP contribution in [0.3, 0.4) is 0 Å². The number of amides is 2. The van der Waals surface area contributed by atoms with E-state index in [0.29, 0.717) is 24.5 Å². The molecule has 0 saturated carbocycles. The molecule has 1 fully saturated rings. The van der Waals surface area contributed by atoms with Crippen molar-refractivity contribution in [1.29, 1.82) is 0 Å². The number of benzene rings is 2. The van der Waals surface area contributed by atoms with Crippen LogP contribution < -0.4 is 15.2 Å². The number of carbonyl (C=O) groups excluding carboxylic acids is 2. The molecule has 9 heteroatoms. The van der Waals surface area contributed by atoms with Gasteiger partial charge in [-0.3, -0.25) is 14.5 Å². The lowest BCUT2D eigenvalue weighted by atomic mass is 10.2. The van der Waals surface area contributed by atoms with Crippen LogP contribution >= 0.6 is 0 Å². The van der Waals surface area contributed by atoms with Crippen LogP contribution in [0.2, 0.25) is 0 Å². The van der Waals surface area contributed by atoms with Gasteiger partial charge in [0.2, 0.25) is 5.88 Å². The molecule has 2 amide bonds. The summed E-state index contributed by atoms with van der Waals surface area (Å²) in [7, 11) is 3.56. The van der Waals surface area contributed by atoms with Gasteiger partial charge in [-0.1, -0.05) is 12.1 Å². The third kappa shape index (κ3) is 5.26. The highest BCUT2D eigenvalue weighted by Gasteiger charge is 2.25. The highest BCUT2D eigenvalue weighted by Crippen LogP contribution is 2.27. The maximum Gasteiger partial charge on any atom is 0.270 e. The van der Waals surface area contributed by atoms with Crippen molar-refractivity contribution >= 4 is 22.7 Å². The van der Waals surface area contributed by atoms with Gasteiger partial charge in [-0.2, -0.15) is 0 Å². The zero-order valence-electron chi connectivity index (χ0n) is 20.8. The Morgan fingerprint density at radius 2 is 1.73 bits per heavy atom. The summed E-state index contributed by atoms with van der Waals surface area (Å²) in [6.45, 7) is 3.81. The fraction of sp³-hybridized carbons (Fsp3) is 0.250. The summed E-state index contributed by atoms with van der Waals surface area (Å²) in [4.78, 5) is 33.1. The Kier molecular flexibility index (Phi) is 6.78. The van der Waals surface area contributed by atoms with Crippen LogP contribution in [0.15, 0.2) is 60.7 Å². The van der Waals surface area contributed by atoms with E-state index in [9.17, 15) is 9.59 Å². The Morgan fingerprint density at radius 1 is 1.00 bits per heavy atom. The number of methoxy groups -OCH3 is 1. The van der Waals surface area contributed by atoms with Gasteiger partial charge in [0.15, 0.2) is 0 Å². The van der Waals surface area contributed by atoms with E-state index in [1.54, 1.807) is 19.2 Å². The number of rotatable bonds is 7. The number of carbonyl (C=O) groups is 2. The number of aromatic nitrogens is 2. The first-order valence-corrected chi connectivity index (χ1v) is 12.0. The van der Waals surface area contributed by atoms with Gasteiger partial charge in [-0.05, 0) is 48.0 Å². The Balaban J connectivity index is 1.25. The smallest absolute Gasteiger partial charge is 0.270 e. The lowest BCUT2D eigenvalue weighted by Crippen LogP contribution is -2.48. The van der Waals surface area contributed by atoms with Crippen molar-refractivity contribution in [3.63, 3.8) is 0 Å². The molecule has 37 heavy (non-hydrogen) atoms. The zero-order chi connectivity index (χ0) is 25.9. The topological polar surface area (TPSA) is 103 Å². The Morgan fingerprint density at radius 3 is 2.43 bits per heavy atom. The van der Waals surface area contributed by atoms with Crippen molar-refractivity contribution in [3.05, 3.63) is 83.7 Å². The Labute approximate surface area is 215 Å². The quantitative estimate of drug-likeness (QED) is 0.420. The summed E-state index contributed by atoms with van der Waals surface area (Å²) in [5.74, 6) is 0.968. The molecular formula is C28H28N5O4. The van der Waals surface area contributed by atoms with Gasteiger partial charge in [0, 0.05) is 62.8 Å². The molecule has 5 rings (SSSR count). The lowest BCUT2D eigenvalue weighted by molar-refractivity contribution is 0.0619. The summed E-state index contributed by atoms with van der Waals surface area (Å²) in [6, 6.07) is 21.3. The predicted octanol–water partition coefficient (Wildman–Crippen LogP) is 3.23. The second kappa shape index (κ2) is 10.3. The maximum absolute atomic E-state index is 13.4. The number of ether oxygens (including phenoxy) is 2. The molecule has 1 radical (unpaired) electrons. The number of nitrogens with zero attached hydrogens (tertiary/aromatic N) is 4. The normalized spacial score (nSPS) is 14.1. The SMILES string of the molecule is COc1ccc(CN2CCN(C(=O)c3cc4cc(Oc5cc[c]c(C(N)=O)n5)ccc4n3C)CC2)cc1. The molecule has 4 aromatic rings. The number of pyridine rings is 1. The van der Waals surface area contributed by atoms with Crippen molar-refractivity contribution < 1.29 is 19.1 Å². The molecule has 1 aliphatic rings. The average Bonchev–Trinajstić information content (AvgIpc) is 3.24. The van der Waals surface area contributed by atoms with Crippen LogP contribution in [0, 0.1) is 6.07 Å². The largest absolute Gasteiger partial charge is 0.497 e. The van der Waals surface area contributed by atoms with E-state index in [1.807, 2.05) is 46.8 Å². The van der Waals surface area contributed by atoms with Crippen molar-refractivity contribution in [1.82, 2.24) is 19.4 Å². The molecule has 3 heterocycles. The molecule has 1 saturated heterocycles. The molecular weight excluding hydrogens is 470 g/mol. The first kappa shape index (κ1) is 24.3. The monoisotopic (exact) mass is 498 g/mol. The number of piperazine rings is 1. The van der Waals surface area contributed by atoms with E-state index in [-0.39, 0.29) is 17.5 Å². The van der Waals surface area contributed by atoms with Crippen molar-refractivity contribution in [2.75, 3.05) is 33.3 Å².